The minimum atomic E-state index is 0.0486. The van der Waals surface area contributed by atoms with Crippen molar-refractivity contribution in [1.29, 1.82) is 0 Å². The Balaban J connectivity index is 2.11. The van der Waals surface area contributed by atoms with Crippen LogP contribution in [0.15, 0.2) is 0 Å². The molecule has 0 unspecified atom stereocenters. The normalized spacial score (nSPS) is 35.3. The lowest BCUT2D eigenvalue weighted by Gasteiger charge is -2.43. The average Bonchev–Trinajstić information content (AvgIpc) is 2.43. The maximum atomic E-state index is 6.02. The Labute approximate surface area is 55.6 Å². The summed E-state index contributed by atoms with van der Waals surface area (Å²) in [4.78, 5) is 0. The van der Waals surface area contributed by atoms with Crippen molar-refractivity contribution in [1.82, 2.24) is 0 Å². The molecule has 0 saturated heterocycles. The van der Waals surface area contributed by atoms with Crippen molar-refractivity contribution >= 4 is 0 Å². The number of hydrogen-bond acceptors (Lipinski definition) is 2. The average molecular weight is 126 g/mol. The lowest BCUT2D eigenvalue weighted by molar-refractivity contribution is 0.188. The predicted molar refractivity (Wildman–Crippen MR) is 36.9 cm³/mol. The van der Waals surface area contributed by atoms with Crippen LogP contribution in [0.25, 0.3) is 0 Å². The summed E-state index contributed by atoms with van der Waals surface area (Å²) >= 11 is 0. The van der Waals surface area contributed by atoms with Crippen LogP contribution in [0.2, 0.25) is 0 Å². The van der Waals surface area contributed by atoms with E-state index in [1.165, 1.54) is 6.42 Å². The Morgan fingerprint density at radius 2 is 1.22 bits per heavy atom. The molecule has 9 heavy (non-hydrogen) atoms. The molecule has 0 heterocycles. The fourth-order valence-electron chi connectivity index (χ4n) is 1.69. The fourth-order valence-corrected chi connectivity index (χ4v) is 1.69. The van der Waals surface area contributed by atoms with Crippen LogP contribution >= 0.6 is 0 Å². The molecule has 0 bridgehead atoms. The zero-order valence-corrected chi connectivity index (χ0v) is 5.69. The first kappa shape index (κ1) is 5.69. The number of hydrogen-bond donors (Lipinski definition) is 2. The Bertz CT molecular complexity index is 134. The molecule has 0 aliphatic heterocycles. The summed E-state index contributed by atoms with van der Waals surface area (Å²) in [5.74, 6) is 0. The Morgan fingerprint density at radius 3 is 1.33 bits per heavy atom. The van der Waals surface area contributed by atoms with E-state index in [1.54, 1.807) is 0 Å². The first-order chi connectivity index (χ1) is 4.16. The lowest BCUT2D eigenvalue weighted by Crippen LogP contribution is -2.61. The molecule has 0 atom stereocenters. The Kier molecular flexibility index (Phi) is 0.837. The molecular weight excluding hydrogens is 112 g/mol. The van der Waals surface area contributed by atoms with Crippen LogP contribution in [0.5, 0.6) is 0 Å². The summed E-state index contributed by atoms with van der Waals surface area (Å²) in [5, 5.41) is 0. The molecule has 4 N–H and O–H groups in total. The molecule has 2 heteroatoms. The second-order valence-electron chi connectivity index (χ2n) is 3.67. The molecule has 0 radical (unpaired) electrons. The van der Waals surface area contributed by atoms with Crippen molar-refractivity contribution in [2.24, 2.45) is 11.5 Å². The van der Waals surface area contributed by atoms with Gasteiger partial charge in [0.2, 0.25) is 0 Å². The van der Waals surface area contributed by atoms with Gasteiger partial charge in [-0.15, -0.1) is 0 Å². The molecule has 52 valence electrons. The zero-order chi connectivity index (χ0) is 6.54. The fraction of sp³-hybridized carbons (Fsp3) is 1.00. The smallest absolute Gasteiger partial charge is 0.0338 e. The Hall–Kier alpha value is -0.0800. The topological polar surface area (TPSA) is 52.0 Å². The molecule has 2 aliphatic rings. The van der Waals surface area contributed by atoms with Crippen molar-refractivity contribution in [2.45, 2.75) is 43.2 Å². The molecule has 0 aromatic carbocycles. The second kappa shape index (κ2) is 1.32. The zero-order valence-electron chi connectivity index (χ0n) is 5.69. The lowest BCUT2D eigenvalue weighted by atomic mass is 9.71. The molecule has 2 rings (SSSR count). The van der Waals surface area contributed by atoms with Crippen LogP contribution in [-0.2, 0) is 0 Å². The standard InChI is InChI=1S/C7H14N2/c8-6(2-1-3-6)7(9)4-5-7/h1-5,8-9H2. The van der Waals surface area contributed by atoms with Gasteiger partial charge in [0.25, 0.3) is 0 Å². The number of nitrogens with two attached hydrogens (primary N) is 2. The van der Waals surface area contributed by atoms with Crippen LogP contribution in [0.4, 0.5) is 0 Å². The van der Waals surface area contributed by atoms with Crippen molar-refractivity contribution in [3.63, 3.8) is 0 Å². The van der Waals surface area contributed by atoms with Gasteiger partial charge in [-0.2, -0.15) is 0 Å². The summed E-state index contributed by atoms with van der Waals surface area (Å²) in [6.07, 6.45) is 5.91. The third-order valence-corrected chi connectivity index (χ3v) is 3.03. The molecular formula is C7H14N2. The maximum absolute atomic E-state index is 6.02. The second-order valence-corrected chi connectivity index (χ2v) is 3.67. The largest absolute Gasteiger partial charge is 0.324 e. The molecule has 0 aromatic rings. The molecule has 0 amide bonds. The summed E-state index contributed by atoms with van der Waals surface area (Å²) in [6, 6.07) is 0. The predicted octanol–water partition coefficient (Wildman–Crippen LogP) is 0.359. The van der Waals surface area contributed by atoms with E-state index in [0.717, 1.165) is 25.7 Å². The van der Waals surface area contributed by atoms with Gasteiger partial charge in [-0.05, 0) is 32.1 Å². The molecule has 0 spiro atoms. The van der Waals surface area contributed by atoms with Gasteiger partial charge in [-0.3, -0.25) is 0 Å². The highest BCUT2D eigenvalue weighted by molar-refractivity contribution is 5.19. The van der Waals surface area contributed by atoms with Gasteiger partial charge in [0.05, 0.1) is 0 Å². The van der Waals surface area contributed by atoms with Crippen molar-refractivity contribution in [2.75, 3.05) is 0 Å². The monoisotopic (exact) mass is 126 g/mol. The highest BCUT2D eigenvalue weighted by atomic mass is 15.0. The summed E-state index contributed by atoms with van der Waals surface area (Å²) in [5.41, 5.74) is 12.1. The van der Waals surface area contributed by atoms with Crippen LogP contribution in [0.3, 0.4) is 0 Å². The highest BCUT2D eigenvalue weighted by Gasteiger charge is 2.56. The molecule has 2 fully saturated rings. The first-order valence-corrected chi connectivity index (χ1v) is 3.74. The van der Waals surface area contributed by atoms with E-state index in [0.29, 0.717) is 0 Å². The van der Waals surface area contributed by atoms with Gasteiger partial charge < -0.3 is 11.5 Å². The van der Waals surface area contributed by atoms with Crippen molar-refractivity contribution in [3.05, 3.63) is 0 Å². The third-order valence-electron chi connectivity index (χ3n) is 3.03. The molecule has 2 aliphatic carbocycles. The van der Waals surface area contributed by atoms with E-state index in [9.17, 15) is 0 Å². The van der Waals surface area contributed by atoms with Crippen molar-refractivity contribution in [3.8, 4) is 0 Å². The first-order valence-electron chi connectivity index (χ1n) is 3.74. The third kappa shape index (κ3) is 0.578. The minimum absolute atomic E-state index is 0.0486. The van der Waals surface area contributed by atoms with Crippen LogP contribution in [0.1, 0.15) is 32.1 Å². The molecule has 0 aromatic heterocycles. The van der Waals surface area contributed by atoms with E-state index in [2.05, 4.69) is 0 Å². The van der Waals surface area contributed by atoms with Gasteiger partial charge in [0, 0.05) is 11.1 Å². The van der Waals surface area contributed by atoms with E-state index in [-0.39, 0.29) is 11.1 Å². The van der Waals surface area contributed by atoms with Gasteiger partial charge in [-0.25, -0.2) is 0 Å². The van der Waals surface area contributed by atoms with E-state index >= 15 is 0 Å². The summed E-state index contributed by atoms with van der Waals surface area (Å²) in [7, 11) is 0. The van der Waals surface area contributed by atoms with E-state index in [1.807, 2.05) is 0 Å². The van der Waals surface area contributed by atoms with Crippen LogP contribution < -0.4 is 11.5 Å². The van der Waals surface area contributed by atoms with Crippen LogP contribution in [-0.4, -0.2) is 11.1 Å². The summed E-state index contributed by atoms with van der Waals surface area (Å²) in [6.45, 7) is 0. The quantitative estimate of drug-likeness (QED) is 0.533. The molecule has 2 saturated carbocycles. The van der Waals surface area contributed by atoms with Crippen LogP contribution in [0, 0.1) is 0 Å². The number of rotatable bonds is 1. The maximum Gasteiger partial charge on any atom is 0.0338 e. The van der Waals surface area contributed by atoms with Crippen molar-refractivity contribution < 1.29 is 0 Å². The Morgan fingerprint density at radius 1 is 0.778 bits per heavy atom. The van der Waals surface area contributed by atoms with Gasteiger partial charge in [-0.1, -0.05) is 0 Å². The van der Waals surface area contributed by atoms with Gasteiger partial charge in [0.1, 0.15) is 0 Å². The highest BCUT2D eigenvalue weighted by Crippen LogP contribution is 2.50. The van der Waals surface area contributed by atoms with E-state index < -0.39 is 0 Å². The SMILES string of the molecule is NC1(C2(N)CC2)CCC1. The van der Waals surface area contributed by atoms with Gasteiger partial charge >= 0.3 is 0 Å². The van der Waals surface area contributed by atoms with Gasteiger partial charge in [0.15, 0.2) is 0 Å². The minimum Gasteiger partial charge on any atom is -0.324 e. The molecule has 2 nitrogen and oxygen atoms in total. The van der Waals surface area contributed by atoms with E-state index in [4.69, 9.17) is 11.5 Å². The summed E-state index contributed by atoms with van der Waals surface area (Å²) < 4.78 is 0.